The molecule has 0 aliphatic carbocycles. The number of amides is 2. The number of nitrogens with one attached hydrogen (secondary N) is 1. The van der Waals surface area contributed by atoms with Crippen LogP contribution in [-0.4, -0.2) is 30.1 Å². The molecule has 1 fully saturated rings. The molecule has 2 amide bonds. The van der Waals surface area contributed by atoms with Crippen molar-refractivity contribution < 1.29 is 19.1 Å². The summed E-state index contributed by atoms with van der Waals surface area (Å²) in [7, 11) is 0. The number of carbonyl (C=O) groups excluding carboxylic acids is 2. The van der Waals surface area contributed by atoms with Crippen molar-refractivity contribution in [2.45, 2.75) is 13.8 Å². The van der Waals surface area contributed by atoms with Gasteiger partial charge in [0.2, 0.25) is 0 Å². The minimum Gasteiger partial charge on any atom is -0.494 e. The highest BCUT2D eigenvalue weighted by molar-refractivity contribution is 14.1. The van der Waals surface area contributed by atoms with Crippen molar-refractivity contribution in [3.05, 3.63) is 57.2 Å². The second kappa shape index (κ2) is 9.36. The first-order valence-corrected chi connectivity index (χ1v) is 10.5. The Kier molecular flexibility index (Phi) is 6.86. The molecule has 150 valence electrons. The highest BCUT2D eigenvalue weighted by atomic mass is 127. The van der Waals surface area contributed by atoms with E-state index < -0.39 is 11.8 Å². The Hall–Kier alpha value is -2.46. The lowest BCUT2D eigenvalue weighted by atomic mass is 10.1. The molecule has 0 aromatic heterocycles. The summed E-state index contributed by atoms with van der Waals surface area (Å²) >= 11 is 7.39. The molecule has 1 saturated heterocycles. The minimum atomic E-state index is -0.522. The van der Waals surface area contributed by atoms with Crippen LogP contribution in [0, 0.1) is 3.57 Å². The molecule has 3 rings (SSSR count). The van der Waals surface area contributed by atoms with Gasteiger partial charge >= 0.3 is 0 Å². The number of hydrogen-bond acceptors (Lipinski definition) is 5. The van der Waals surface area contributed by atoms with Crippen LogP contribution in [-0.2, 0) is 9.59 Å². The van der Waals surface area contributed by atoms with Crippen molar-refractivity contribution in [2.75, 3.05) is 18.1 Å². The number of thiocarbonyl (C=S) groups is 1. The summed E-state index contributed by atoms with van der Waals surface area (Å²) in [6, 6.07) is 12.4. The molecule has 0 radical (unpaired) electrons. The molecule has 6 nitrogen and oxygen atoms in total. The van der Waals surface area contributed by atoms with Crippen LogP contribution in [0.15, 0.2) is 48.0 Å². The monoisotopic (exact) mass is 522 g/mol. The van der Waals surface area contributed by atoms with Crippen LogP contribution < -0.4 is 19.7 Å². The fraction of sp³-hybridized carbons (Fsp3) is 0.190. The fourth-order valence-electron chi connectivity index (χ4n) is 2.80. The van der Waals surface area contributed by atoms with Gasteiger partial charge in [-0.15, -0.1) is 0 Å². The summed E-state index contributed by atoms with van der Waals surface area (Å²) in [5.74, 6) is 0.445. The minimum absolute atomic E-state index is 0.00689. The molecular weight excluding hydrogens is 503 g/mol. The molecule has 1 N–H and O–H groups in total. The average Bonchev–Trinajstić information content (AvgIpc) is 2.69. The lowest BCUT2D eigenvalue weighted by Crippen LogP contribution is -2.54. The Labute approximate surface area is 188 Å². The number of benzene rings is 2. The standard InChI is InChI=1S/C21H19IN2O4S/c1-3-27-15-8-6-14(7-9-15)24-20(26)16(19(25)23-21(24)29)11-13-5-10-18(28-4-2)17(22)12-13/h5-12H,3-4H2,1-2H3,(H,23,25,29)/b16-11-. The topological polar surface area (TPSA) is 67.9 Å². The predicted octanol–water partition coefficient (Wildman–Crippen LogP) is 3.92. The maximum Gasteiger partial charge on any atom is 0.270 e. The molecule has 0 unspecified atom stereocenters. The van der Waals surface area contributed by atoms with E-state index in [1.165, 1.54) is 4.90 Å². The number of hydrogen-bond donors (Lipinski definition) is 1. The van der Waals surface area contributed by atoms with Gasteiger partial charge in [-0.2, -0.15) is 0 Å². The van der Waals surface area contributed by atoms with Crippen LogP contribution in [0.25, 0.3) is 6.08 Å². The Morgan fingerprint density at radius 2 is 1.76 bits per heavy atom. The lowest BCUT2D eigenvalue weighted by molar-refractivity contribution is -0.122. The molecule has 1 aliphatic rings. The molecule has 2 aromatic carbocycles. The van der Waals surface area contributed by atoms with Gasteiger partial charge in [-0.1, -0.05) is 6.07 Å². The Morgan fingerprint density at radius 1 is 1.07 bits per heavy atom. The van der Waals surface area contributed by atoms with Gasteiger partial charge in [0.25, 0.3) is 11.8 Å². The Bertz CT molecular complexity index is 989. The van der Waals surface area contributed by atoms with Gasteiger partial charge in [-0.05, 0) is 96.7 Å². The molecule has 0 spiro atoms. The van der Waals surface area contributed by atoms with Gasteiger partial charge in [0, 0.05) is 0 Å². The number of halogens is 1. The van der Waals surface area contributed by atoms with Gasteiger partial charge < -0.3 is 9.47 Å². The van der Waals surface area contributed by atoms with Crippen molar-refractivity contribution in [1.29, 1.82) is 0 Å². The zero-order valence-electron chi connectivity index (χ0n) is 15.9. The van der Waals surface area contributed by atoms with Crippen LogP contribution in [0.3, 0.4) is 0 Å². The number of anilines is 1. The summed E-state index contributed by atoms with van der Waals surface area (Å²) in [5.41, 5.74) is 1.28. The van der Waals surface area contributed by atoms with E-state index in [4.69, 9.17) is 21.7 Å². The van der Waals surface area contributed by atoms with Gasteiger partial charge in [-0.3, -0.25) is 19.8 Å². The van der Waals surface area contributed by atoms with Gasteiger partial charge in [0.15, 0.2) is 5.11 Å². The smallest absolute Gasteiger partial charge is 0.270 e. The van der Waals surface area contributed by atoms with Crippen molar-refractivity contribution in [1.82, 2.24) is 5.32 Å². The first-order chi connectivity index (χ1) is 13.9. The van der Waals surface area contributed by atoms with Crippen molar-refractivity contribution in [3.8, 4) is 11.5 Å². The Balaban J connectivity index is 1.92. The van der Waals surface area contributed by atoms with E-state index in [0.717, 1.165) is 14.9 Å². The van der Waals surface area contributed by atoms with E-state index >= 15 is 0 Å². The second-order valence-electron chi connectivity index (χ2n) is 6.01. The van der Waals surface area contributed by atoms with Gasteiger partial charge in [0.05, 0.1) is 22.5 Å². The van der Waals surface area contributed by atoms with Crippen molar-refractivity contribution >= 4 is 63.5 Å². The molecule has 0 saturated carbocycles. The van der Waals surface area contributed by atoms with Crippen molar-refractivity contribution in [3.63, 3.8) is 0 Å². The fourth-order valence-corrected chi connectivity index (χ4v) is 3.77. The molecule has 0 atom stereocenters. The van der Waals surface area contributed by atoms with Crippen LogP contribution in [0.1, 0.15) is 19.4 Å². The zero-order valence-corrected chi connectivity index (χ0v) is 18.9. The number of nitrogens with zero attached hydrogens (tertiary/aromatic N) is 1. The van der Waals surface area contributed by atoms with Crippen LogP contribution in [0.4, 0.5) is 5.69 Å². The summed E-state index contributed by atoms with van der Waals surface area (Å²) in [6.07, 6.45) is 1.55. The molecule has 1 aliphatic heterocycles. The third kappa shape index (κ3) is 4.76. The Morgan fingerprint density at radius 3 is 2.38 bits per heavy atom. The third-order valence-corrected chi connectivity index (χ3v) is 5.20. The zero-order chi connectivity index (χ0) is 21.0. The maximum absolute atomic E-state index is 13.1. The molecule has 8 heteroatoms. The second-order valence-corrected chi connectivity index (χ2v) is 7.56. The van der Waals surface area contributed by atoms with Gasteiger partial charge in [-0.25, -0.2) is 0 Å². The number of carbonyl (C=O) groups is 2. The first kappa shape index (κ1) is 21.3. The van der Waals surface area contributed by atoms with E-state index in [-0.39, 0.29) is 10.7 Å². The maximum atomic E-state index is 13.1. The summed E-state index contributed by atoms with van der Waals surface area (Å²) in [6.45, 7) is 4.91. The first-order valence-electron chi connectivity index (χ1n) is 9.01. The highest BCUT2D eigenvalue weighted by Gasteiger charge is 2.34. The van der Waals surface area contributed by atoms with Crippen molar-refractivity contribution in [2.24, 2.45) is 0 Å². The largest absolute Gasteiger partial charge is 0.494 e. The SMILES string of the molecule is CCOc1ccc(N2C(=O)/C(=C\c3ccc(OCC)c(I)c3)C(=O)NC2=S)cc1. The molecular formula is C21H19IN2O4S. The van der Waals surface area contributed by atoms with E-state index in [9.17, 15) is 9.59 Å². The summed E-state index contributed by atoms with van der Waals surface area (Å²) in [5, 5.41) is 2.63. The molecule has 0 bridgehead atoms. The van der Waals surface area contributed by atoms with E-state index in [0.29, 0.717) is 24.7 Å². The highest BCUT2D eigenvalue weighted by Crippen LogP contribution is 2.26. The molecule has 1 heterocycles. The third-order valence-electron chi connectivity index (χ3n) is 4.07. The van der Waals surface area contributed by atoms with Gasteiger partial charge in [0.1, 0.15) is 17.1 Å². The molecule has 2 aromatic rings. The lowest BCUT2D eigenvalue weighted by Gasteiger charge is -2.29. The number of ether oxygens (including phenoxy) is 2. The van der Waals surface area contributed by atoms with Crippen LogP contribution >= 0.6 is 34.8 Å². The molecule has 29 heavy (non-hydrogen) atoms. The average molecular weight is 522 g/mol. The van der Waals surface area contributed by atoms with E-state index in [2.05, 4.69) is 27.9 Å². The quantitative estimate of drug-likeness (QED) is 0.270. The van der Waals surface area contributed by atoms with E-state index in [1.807, 2.05) is 26.0 Å². The van der Waals surface area contributed by atoms with E-state index in [1.54, 1.807) is 36.4 Å². The van der Waals surface area contributed by atoms with Crippen LogP contribution in [0.5, 0.6) is 11.5 Å². The number of rotatable bonds is 6. The summed E-state index contributed by atoms with van der Waals surface area (Å²) in [4.78, 5) is 26.8. The normalized spacial score (nSPS) is 15.5. The predicted molar refractivity (Wildman–Crippen MR) is 124 cm³/mol. The van der Waals surface area contributed by atoms with Crippen LogP contribution in [0.2, 0.25) is 0 Å². The summed E-state index contributed by atoms with van der Waals surface area (Å²) < 4.78 is 11.8.